The van der Waals surface area contributed by atoms with Gasteiger partial charge in [0.1, 0.15) is 0 Å². The minimum Gasteiger partial charge on any atom is -0.218 e. The summed E-state index contributed by atoms with van der Waals surface area (Å²) in [6.07, 6.45) is 3.31. The Kier molecular flexibility index (Phi) is 3.04. The monoisotopic (exact) mass is 316 g/mol. The van der Waals surface area contributed by atoms with Crippen molar-refractivity contribution in [3.63, 3.8) is 0 Å². The number of rotatable bonds is 2. The summed E-state index contributed by atoms with van der Waals surface area (Å²) < 4.78 is 2.32. The average Bonchev–Trinajstić information content (AvgIpc) is 2.90. The van der Waals surface area contributed by atoms with E-state index in [1.165, 1.54) is 10.2 Å². The molecule has 94 valence electrons. The van der Waals surface area contributed by atoms with Crippen molar-refractivity contribution in [3.8, 4) is 17.3 Å². The Labute approximate surface area is 117 Å². The third-order valence-corrected chi connectivity index (χ3v) is 2.98. The second kappa shape index (κ2) is 4.85. The fraction of sp³-hybridized carbons (Fsp3) is 0.0833. The van der Waals surface area contributed by atoms with Gasteiger partial charge in [-0.15, -0.1) is 5.10 Å². The first-order valence-corrected chi connectivity index (χ1v) is 6.37. The van der Waals surface area contributed by atoms with E-state index >= 15 is 0 Å². The molecule has 7 heteroatoms. The molecule has 3 aromatic rings. The van der Waals surface area contributed by atoms with E-state index in [2.05, 4.69) is 41.4 Å². The normalized spacial score (nSPS) is 10.6. The van der Waals surface area contributed by atoms with E-state index in [1.54, 1.807) is 12.4 Å². The van der Waals surface area contributed by atoms with Gasteiger partial charge in [0, 0.05) is 18.0 Å². The van der Waals surface area contributed by atoms with Crippen molar-refractivity contribution in [3.05, 3.63) is 46.7 Å². The van der Waals surface area contributed by atoms with Gasteiger partial charge in [-0.1, -0.05) is 29.8 Å². The van der Waals surface area contributed by atoms with Gasteiger partial charge in [-0.05, 0) is 33.3 Å². The highest BCUT2D eigenvalue weighted by molar-refractivity contribution is 9.10. The average molecular weight is 317 g/mol. The van der Waals surface area contributed by atoms with Crippen LogP contribution in [0, 0.1) is 6.92 Å². The molecule has 1 aromatic carbocycles. The van der Waals surface area contributed by atoms with Crippen LogP contribution in [0.15, 0.2) is 41.1 Å². The number of tetrazole rings is 1. The SMILES string of the molecule is Cc1ccc(-c2nnnn2-c2ncc(Br)cn2)cc1. The van der Waals surface area contributed by atoms with Gasteiger partial charge in [-0.25, -0.2) is 9.97 Å². The van der Waals surface area contributed by atoms with Crippen LogP contribution in [-0.2, 0) is 0 Å². The molecule has 0 aliphatic heterocycles. The van der Waals surface area contributed by atoms with Crippen LogP contribution in [0.25, 0.3) is 17.3 Å². The smallest absolute Gasteiger partial charge is 0.218 e. The maximum absolute atomic E-state index is 4.19. The summed E-state index contributed by atoms with van der Waals surface area (Å²) in [5.41, 5.74) is 2.10. The van der Waals surface area contributed by atoms with Crippen LogP contribution < -0.4 is 0 Å². The van der Waals surface area contributed by atoms with Crippen molar-refractivity contribution in [2.75, 3.05) is 0 Å². The molecule has 0 spiro atoms. The number of hydrogen-bond acceptors (Lipinski definition) is 5. The summed E-state index contributed by atoms with van der Waals surface area (Å²) >= 11 is 3.29. The van der Waals surface area contributed by atoms with E-state index in [1.807, 2.05) is 31.2 Å². The Morgan fingerprint density at radius 1 is 1.05 bits per heavy atom. The molecule has 3 rings (SSSR count). The summed E-state index contributed by atoms with van der Waals surface area (Å²) in [6, 6.07) is 7.96. The Balaban J connectivity index is 2.07. The molecular formula is C12H9BrN6. The molecule has 0 amide bonds. The number of benzene rings is 1. The molecule has 2 aromatic heterocycles. The second-order valence-corrected chi connectivity index (χ2v) is 4.90. The van der Waals surface area contributed by atoms with E-state index in [0.29, 0.717) is 11.8 Å². The molecule has 0 bridgehead atoms. The zero-order chi connectivity index (χ0) is 13.2. The molecule has 0 N–H and O–H groups in total. The molecule has 0 saturated heterocycles. The third kappa shape index (κ3) is 2.37. The number of aromatic nitrogens is 6. The Morgan fingerprint density at radius 3 is 2.42 bits per heavy atom. The minimum absolute atomic E-state index is 0.434. The van der Waals surface area contributed by atoms with Gasteiger partial charge in [-0.2, -0.15) is 4.68 Å². The highest BCUT2D eigenvalue weighted by atomic mass is 79.9. The highest BCUT2D eigenvalue weighted by Gasteiger charge is 2.12. The lowest BCUT2D eigenvalue weighted by Crippen LogP contribution is -2.04. The van der Waals surface area contributed by atoms with Crippen molar-refractivity contribution in [2.24, 2.45) is 0 Å². The van der Waals surface area contributed by atoms with Crippen LogP contribution in [0.1, 0.15) is 5.56 Å². The Bertz CT molecular complexity index is 629. The van der Waals surface area contributed by atoms with Crippen LogP contribution in [-0.4, -0.2) is 30.2 Å². The summed E-state index contributed by atoms with van der Waals surface area (Å²) in [7, 11) is 0. The predicted molar refractivity (Wildman–Crippen MR) is 72.6 cm³/mol. The molecular weight excluding hydrogens is 308 g/mol. The van der Waals surface area contributed by atoms with Crippen molar-refractivity contribution in [1.29, 1.82) is 0 Å². The van der Waals surface area contributed by atoms with E-state index in [4.69, 9.17) is 0 Å². The first kappa shape index (κ1) is 11.9. The maximum atomic E-state index is 4.19. The second-order valence-electron chi connectivity index (χ2n) is 3.98. The van der Waals surface area contributed by atoms with E-state index in [0.717, 1.165) is 10.0 Å². The highest BCUT2D eigenvalue weighted by Crippen LogP contribution is 2.18. The van der Waals surface area contributed by atoms with Crippen molar-refractivity contribution in [2.45, 2.75) is 6.92 Å². The van der Waals surface area contributed by atoms with E-state index in [9.17, 15) is 0 Å². The summed E-state index contributed by atoms with van der Waals surface area (Å²) in [5, 5.41) is 11.6. The summed E-state index contributed by atoms with van der Waals surface area (Å²) in [5.74, 6) is 1.05. The van der Waals surface area contributed by atoms with Crippen molar-refractivity contribution < 1.29 is 0 Å². The van der Waals surface area contributed by atoms with Crippen LogP contribution >= 0.6 is 15.9 Å². The molecule has 19 heavy (non-hydrogen) atoms. The standard InChI is InChI=1S/C12H9BrN6/c1-8-2-4-9(5-3-8)11-16-17-18-19(11)12-14-6-10(13)7-15-12/h2-7H,1H3. The topological polar surface area (TPSA) is 69.4 Å². The Hall–Kier alpha value is -2.15. The van der Waals surface area contributed by atoms with Crippen LogP contribution in [0.2, 0.25) is 0 Å². The first-order valence-electron chi connectivity index (χ1n) is 5.57. The van der Waals surface area contributed by atoms with Crippen molar-refractivity contribution in [1.82, 2.24) is 30.2 Å². The molecule has 0 atom stereocenters. The number of aryl methyl sites for hydroxylation is 1. The lowest BCUT2D eigenvalue weighted by atomic mass is 10.1. The first-order chi connectivity index (χ1) is 9.24. The van der Waals surface area contributed by atoms with Gasteiger partial charge in [0.05, 0.1) is 4.47 Å². The maximum Gasteiger partial charge on any atom is 0.254 e. The fourth-order valence-electron chi connectivity index (χ4n) is 1.62. The lowest BCUT2D eigenvalue weighted by Gasteiger charge is -2.03. The van der Waals surface area contributed by atoms with Crippen LogP contribution in [0.5, 0.6) is 0 Å². The van der Waals surface area contributed by atoms with E-state index in [-0.39, 0.29) is 0 Å². The zero-order valence-electron chi connectivity index (χ0n) is 10.0. The van der Waals surface area contributed by atoms with Crippen LogP contribution in [0.4, 0.5) is 0 Å². The summed E-state index contributed by atoms with van der Waals surface area (Å²) in [4.78, 5) is 8.37. The van der Waals surface area contributed by atoms with Crippen LogP contribution in [0.3, 0.4) is 0 Å². The van der Waals surface area contributed by atoms with E-state index < -0.39 is 0 Å². The minimum atomic E-state index is 0.434. The molecule has 0 aliphatic carbocycles. The summed E-state index contributed by atoms with van der Waals surface area (Å²) in [6.45, 7) is 2.03. The number of halogens is 1. The van der Waals surface area contributed by atoms with Gasteiger partial charge in [0.25, 0.3) is 5.95 Å². The van der Waals surface area contributed by atoms with Gasteiger partial charge < -0.3 is 0 Å². The predicted octanol–water partition coefficient (Wildman–Crippen LogP) is 2.19. The number of hydrogen-bond donors (Lipinski definition) is 0. The Morgan fingerprint density at radius 2 is 1.74 bits per heavy atom. The number of nitrogens with zero attached hydrogens (tertiary/aromatic N) is 6. The molecule has 0 unspecified atom stereocenters. The lowest BCUT2D eigenvalue weighted by molar-refractivity contribution is 0.750. The van der Waals surface area contributed by atoms with Crippen molar-refractivity contribution >= 4 is 15.9 Å². The molecule has 0 fully saturated rings. The van der Waals surface area contributed by atoms with Gasteiger partial charge in [0.15, 0.2) is 5.82 Å². The molecule has 2 heterocycles. The molecule has 0 radical (unpaired) electrons. The van der Waals surface area contributed by atoms with Gasteiger partial charge >= 0.3 is 0 Å². The molecule has 0 saturated carbocycles. The zero-order valence-corrected chi connectivity index (χ0v) is 11.6. The third-order valence-electron chi connectivity index (χ3n) is 2.58. The fourth-order valence-corrected chi connectivity index (χ4v) is 1.82. The molecule has 6 nitrogen and oxygen atoms in total. The largest absolute Gasteiger partial charge is 0.254 e. The quantitative estimate of drug-likeness (QED) is 0.725. The molecule has 0 aliphatic rings. The van der Waals surface area contributed by atoms with Gasteiger partial charge in [0.2, 0.25) is 0 Å². The van der Waals surface area contributed by atoms with Gasteiger partial charge in [-0.3, -0.25) is 0 Å².